The predicted octanol–water partition coefficient (Wildman–Crippen LogP) is 2.52. The number of rotatable bonds is 4. The number of likely N-dealkylation sites (tertiary alicyclic amines) is 1. The van der Waals surface area contributed by atoms with E-state index in [0.717, 1.165) is 31.0 Å². The van der Waals surface area contributed by atoms with Crippen molar-refractivity contribution in [3.8, 4) is 0 Å². The number of carbonyl (C=O) groups is 1. The minimum atomic E-state index is -0.0710. The summed E-state index contributed by atoms with van der Waals surface area (Å²) in [5, 5.41) is 6.08. The largest absolute Gasteiger partial charge is 0.355 e. The molecule has 1 fully saturated rings. The van der Waals surface area contributed by atoms with Gasteiger partial charge in [-0.3, -0.25) is 9.79 Å². The highest BCUT2D eigenvalue weighted by Gasteiger charge is 2.28. The molecule has 1 amide bonds. The number of aliphatic imine (C=N–C) groups is 1. The number of aromatic nitrogens is 2. The van der Waals surface area contributed by atoms with Gasteiger partial charge in [-0.2, -0.15) is 0 Å². The maximum atomic E-state index is 11.6. The van der Waals surface area contributed by atoms with Crippen LogP contribution in [0, 0.1) is 5.92 Å². The second kappa shape index (κ2) is 10.4. The van der Waals surface area contributed by atoms with Crippen molar-refractivity contribution in [1.29, 1.82) is 0 Å². The van der Waals surface area contributed by atoms with Crippen LogP contribution in [0.2, 0.25) is 0 Å². The van der Waals surface area contributed by atoms with Crippen LogP contribution >= 0.6 is 24.0 Å². The van der Waals surface area contributed by atoms with Crippen LogP contribution in [-0.2, 0) is 6.54 Å². The fourth-order valence-electron chi connectivity index (χ4n) is 3.53. The van der Waals surface area contributed by atoms with Gasteiger partial charge in [-0.25, -0.2) is 4.98 Å². The number of nitrogens with zero attached hydrogens (tertiary/aromatic N) is 4. The second-order valence-corrected chi connectivity index (χ2v) is 6.97. The van der Waals surface area contributed by atoms with Crippen LogP contribution in [-0.4, -0.2) is 53.5 Å². The fourth-order valence-corrected chi connectivity index (χ4v) is 3.53. The van der Waals surface area contributed by atoms with Gasteiger partial charge in [0.05, 0.1) is 12.4 Å². The first-order valence-electron chi connectivity index (χ1n) is 9.36. The molecule has 0 spiro atoms. The van der Waals surface area contributed by atoms with Crippen LogP contribution in [0.3, 0.4) is 0 Å². The summed E-state index contributed by atoms with van der Waals surface area (Å²) in [6.07, 6.45) is 6.88. The van der Waals surface area contributed by atoms with E-state index in [-0.39, 0.29) is 29.9 Å². The zero-order valence-electron chi connectivity index (χ0n) is 16.6. The summed E-state index contributed by atoms with van der Waals surface area (Å²) in [6.45, 7) is 4.86. The molecule has 1 aromatic carbocycles. The van der Waals surface area contributed by atoms with Gasteiger partial charge in [-0.1, -0.05) is 19.1 Å². The Hall–Kier alpha value is -2.10. The van der Waals surface area contributed by atoms with E-state index in [9.17, 15) is 4.79 Å². The molecule has 2 heterocycles. The molecular weight excluding hydrogens is 467 g/mol. The monoisotopic (exact) mass is 496 g/mol. The minimum absolute atomic E-state index is 0. The zero-order chi connectivity index (χ0) is 19.2. The third-order valence-corrected chi connectivity index (χ3v) is 5.23. The van der Waals surface area contributed by atoms with Crippen LogP contribution < -0.4 is 10.6 Å². The molecular formula is C20H29IN6O. The lowest BCUT2D eigenvalue weighted by atomic mass is 9.93. The third kappa shape index (κ3) is 5.24. The van der Waals surface area contributed by atoms with Crippen LogP contribution in [0.15, 0.2) is 48.0 Å². The average Bonchev–Trinajstić information content (AvgIpc) is 3.24. The Bertz CT molecular complexity index is 775. The van der Waals surface area contributed by atoms with Crippen LogP contribution in [0.25, 0.3) is 0 Å². The van der Waals surface area contributed by atoms with Crippen molar-refractivity contribution < 1.29 is 4.79 Å². The molecule has 8 heteroatoms. The van der Waals surface area contributed by atoms with E-state index in [0.29, 0.717) is 24.1 Å². The molecule has 0 radical (unpaired) electrons. The number of halogens is 1. The molecule has 1 saturated heterocycles. The van der Waals surface area contributed by atoms with Gasteiger partial charge in [0.25, 0.3) is 5.91 Å². The highest BCUT2D eigenvalue weighted by molar-refractivity contribution is 14.0. The molecule has 28 heavy (non-hydrogen) atoms. The normalized spacial score (nSPS) is 19.7. The van der Waals surface area contributed by atoms with Gasteiger partial charge in [0, 0.05) is 51.7 Å². The van der Waals surface area contributed by atoms with E-state index in [2.05, 4.69) is 37.0 Å². The van der Waals surface area contributed by atoms with Crippen LogP contribution in [0.1, 0.15) is 35.3 Å². The molecule has 1 aromatic heterocycles. The Kier molecular flexibility index (Phi) is 8.28. The Labute approximate surface area is 183 Å². The van der Waals surface area contributed by atoms with Crippen molar-refractivity contribution in [2.75, 3.05) is 27.2 Å². The Morgan fingerprint density at radius 3 is 2.68 bits per heavy atom. The summed E-state index contributed by atoms with van der Waals surface area (Å²) >= 11 is 0. The first kappa shape index (κ1) is 22.2. The van der Waals surface area contributed by atoms with Gasteiger partial charge in [-0.15, -0.1) is 24.0 Å². The molecule has 7 nitrogen and oxygen atoms in total. The summed E-state index contributed by atoms with van der Waals surface area (Å²) < 4.78 is 2.20. The predicted molar refractivity (Wildman–Crippen MR) is 122 cm³/mol. The van der Waals surface area contributed by atoms with E-state index >= 15 is 0 Å². The Balaban J connectivity index is 0.00000280. The van der Waals surface area contributed by atoms with E-state index in [1.807, 2.05) is 50.0 Å². The number of piperidine rings is 1. The summed E-state index contributed by atoms with van der Waals surface area (Å²) in [5.41, 5.74) is 1.78. The number of hydrogen-bond acceptors (Lipinski definition) is 3. The molecule has 2 unspecified atom stereocenters. The highest BCUT2D eigenvalue weighted by Crippen LogP contribution is 2.27. The summed E-state index contributed by atoms with van der Waals surface area (Å²) in [5.74, 6) is 1.44. The number of amides is 1. The van der Waals surface area contributed by atoms with Gasteiger partial charge in [0.15, 0.2) is 5.96 Å². The van der Waals surface area contributed by atoms with Crippen molar-refractivity contribution in [3.63, 3.8) is 0 Å². The van der Waals surface area contributed by atoms with Crippen LogP contribution in [0.5, 0.6) is 0 Å². The number of benzene rings is 1. The topological polar surface area (TPSA) is 74.6 Å². The fraction of sp³-hybridized carbons (Fsp3) is 0.450. The van der Waals surface area contributed by atoms with Gasteiger partial charge in [0.2, 0.25) is 0 Å². The van der Waals surface area contributed by atoms with Crippen molar-refractivity contribution in [2.45, 2.75) is 25.9 Å². The molecule has 0 aliphatic carbocycles. The average molecular weight is 496 g/mol. The lowest BCUT2D eigenvalue weighted by Crippen LogP contribution is -2.48. The molecule has 0 saturated carbocycles. The van der Waals surface area contributed by atoms with E-state index in [1.165, 1.54) is 0 Å². The minimum Gasteiger partial charge on any atom is -0.355 e. The van der Waals surface area contributed by atoms with Crippen molar-refractivity contribution in [2.24, 2.45) is 10.9 Å². The Morgan fingerprint density at radius 1 is 1.32 bits per heavy atom. The number of guanidine groups is 1. The molecule has 0 bridgehead atoms. The van der Waals surface area contributed by atoms with Gasteiger partial charge >= 0.3 is 0 Å². The molecule has 1 aliphatic rings. The molecule has 3 rings (SSSR count). The summed E-state index contributed by atoms with van der Waals surface area (Å²) in [6, 6.07) is 8.02. The van der Waals surface area contributed by atoms with E-state index in [1.54, 1.807) is 7.05 Å². The number of imidazole rings is 1. The molecule has 2 aromatic rings. The molecule has 2 N–H and O–H groups in total. The van der Waals surface area contributed by atoms with Crippen molar-refractivity contribution >= 4 is 35.8 Å². The number of nitrogens with one attached hydrogen (secondary N) is 2. The first-order valence-corrected chi connectivity index (χ1v) is 9.36. The van der Waals surface area contributed by atoms with Crippen LogP contribution in [0.4, 0.5) is 0 Å². The Morgan fingerprint density at radius 2 is 2.07 bits per heavy atom. The van der Waals surface area contributed by atoms with Crippen molar-refractivity contribution in [3.05, 3.63) is 54.1 Å². The number of hydrogen-bond donors (Lipinski definition) is 2. The third-order valence-electron chi connectivity index (χ3n) is 5.23. The zero-order valence-corrected chi connectivity index (χ0v) is 19.0. The summed E-state index contributed by atoms with van der Waals surface area (Å²) in [4.78, 5) is 22.6. The standard InChI is InChI=1S/C20H28N6O.HI/c1-15-8-10-25(13-18(15)26-11-9-23-14-26)20(22-3)24-12-16-4-6-17(7-5-16)19(27)21-2;/h4-7,9,11,14-15,18H,8,10,12-13H2,1-3H3,(H,21,27)(H,22,24);1H. The van der Waals surface area contributed by atoms with Gasteiger partial charge in [-0.05, 0) is 30.0 Å². The molecule has 2 atom stereocenters. The number of carbonyl (C=O) groups excluding carboxylic acids is 1. The summed E-state index contributed by atoms with van der Waals surface area (Å²) in [7, 11) is 3.46. The SMILES string of the molecule is CN=C(NCc1ccc(C(=O)NC)cc1)N1CCC(C)C(n2ccnc2)C1.I. The van der Waals surface area contributed by atoms with E-state index in [4.69, 9.17) is 0 Å². The second-order valence-electron chi connectivity index (χ2n) is 6.97. The smallest absolute Gasteiger partial charge is 0.251 e. The van der Waals surface area contributed by atoms with Gasteiger partial charge in [0.1, 0.15) is 0 Å². The van der Waals surface area contributed by atoms with E-state index < -0.39 is 0 Å². The lowest BCUT2D eigenvalue weighted by molar-refractivity contribution is 0.0963. The quantitative estimate of drug-likeness (QED) is 0.388. The highest BCUT2D eigenvalue weighted by atomic mass is 127. The first-order chi connectivity index (χ1) is 13.1. The molecule has 152 valence electrons. The van der Waals surface area contributed by atoms with Crippen molar-refractivity contribution in [1.82, 2.24) is 25.1 Å². The maximum absolute atomic E-state index is 11.6. The lowest BCUT2D eigenvalue weighted by Gasteiger charge is -2.39. The van der Waals surface area contributed by atoms with Gasteiger partial charge < -0.3 is 20.1 Å². The molecule has 1 aliphatic heterocycles. The maximum Gasteiger partial charge on any atom is 0.251 e.